The van der Waals surface area contributed by atoms with Crippen molar-refractivity contribution in [1.82, 2.24) is 9.78 Å². The van der Waals surface area contributed by atoms with Crippen LogP contribution in [0, 0.1) is 17.0 Å². The van der Waals surface area contributed by atoms with Crippen LogP contribution in [0.4, 0.5) is 5.69 Å². The largest absolute Gasteiger partial charge is 0.508 e. The number of ether oxygens (including phenoxy) is 1. The van der Waals surface area contributed by atoms with Crippen LogP contribution in [0.15, 0.2) is 66.7 Å². The summed E-state index contributed by atoms with van der Waals surface area (Å²) in [5.41, 5.74) is 3.89. The zero-order chi connectivity index (χ0) is 24.9. The van der Waals surface area contributed by atoms with Crippen molar-refractivity contribution in [3.63, 3.8) is 0 Å². The molecule has 1 heterocycles. The molecule has 0 aliphatic carbocycles. The first-order chi connectivity index (χ1) is 16.9. The number of nitro groups is 1. The third-order valence-corrected chi connectivity index (χ3v) is 5.38. The molecule has 4 rings (SSSR count). The van der Waals surface area contributed by atoms with Crippen LogP contribution in [0.3, 0.4) is 0 Å². The minimum absolute atomic E-state index is 0.0338. The molecule has 1 aromatic heterocycles. The zero-order valence-electron chi connectivity index (χ0n) is 19.1. The summed E-state index contributed by atoms with van der Waals surface area (Å²) in [4.78, 5) is 11.2. The molecule has 0 bridgehead atoms. The van der Waals surface area contributed by atoms with Crippen molar-refractivity contribution in [2.75, 3.05) is 7.11 Å². The molecule has 0 aliphatic heterocycles. The van der Waals surface area contributed by atoms with Crippen molar-refractivity contribution in [1.29, 1.82) is 0 Å². The van der Waals surface area contributed by atoms with Crippen LogP contribution < -0.4 is 4.74 Å². The second-order valence-electron chi connectivity index (χ2n) is 7.80. The Hall–Kier alpha value is -4.85. The number of para-hydroxylation sites is 2. The van der Waals surface area contributed by atoms with Gasteiger partial charge in [0.2, 0.25) is 0 Å². The molecule has 8 nitrogen and oxygen atoms in total. The molecule has 3 aromatic carbocycles. The quantitative estimate of drug-likeness (QED) is 0.259. The number of aromatic hydroxyl groups is 2. The molecule has 0 saturated heterocycles. The van der Waals surface area contributed by atoms with Gasteiger partial charge in [0.15, 0.2) is 11.5 Å². The molecule has 0 radical (unpaired) electrons. The van der Waals surface area contributed by atoms with E-state index in [2.05, 4.69) is 5.10 Å². The van der Waals surface area contributed by atoms with Gasteiger partial charge in [-0.25, -0.2) is 4.68 Å². The van der Waals surface area contributed by atoms with Gasteiger partial charge in [-0.3, -0.25) is 10.1 Å². The van der Waals surface area contributed by atoms with Gasteiger partial charge in [0, 0.05) is 6.07 Å². The van der Waals surface area contributed by atoms with Gasteiger partial charge < -0.3 is 14.9 Å². The summed E-state index contributed by atoms with van der Waals surface area (Å²) < 4.78 is 6.69. The second kappa shape index (κ2) is 9.96. The van der Waals surface area contributed by atoms with Gasteiger partial charge in [0.05, 0.1) is 23.4 Å². The van der Waals surface area contributed by atoms with E-state index < -0.39 is 4.92 Å². The van der Waals surface area contributed by atoms with Crippen LogP contribution in [0.2, 0.25) is 0 Å². The summed E-state index contributed by atoms with van der Waals surface area (Å²) in [7, 11) is 1.47. The number of phenolic OH excluding ortho intramolecular Hbond substituents is 2. The monoisotopic (exact) mass is 469 g/mol. The number of aromatic nitrogens is 2. The highest BCUT2D eigenvalue weighted by Gasteiger charge is 2.17. The smallest absolute Gasteiger partial charge is 0.294 e. The zero-order valence-corrected chi connectivity index (χ0v) is 19.1. The summed E-state index contributed by atoms with van der Waals surface area (Å²) in [5.74, 6) is 0.597. The summed E-state index contributed by atoms with van der Waals surface area (Å²) in [6, 6.07) is 18.4. The number of phenols is 2. The molecule has 35 heavy (non-hydrogen) atoms. The maximum atomic E-state index is 11.6. The molecule has 0 saturated carbocycles. The van der Waals surface area contributed by atoms with Crippen LogP contribution in [0.5, 0.6) is 17.2 Å². The van der Waals surface area contributed by atoms with Gasteiger partial charge in [-0.1, -0.05) is 36.4 Å². The van der Waals surface area contributed by atoms with Crippen LogP contribution >= 0.6 is 0 Å². The summed E-state index contributed by atoms with van der Waals surface area (Å²) >= 11 is 0. The Labute approximate surface area is 201 Å². The van der Waals surface area contributed by atoms with Crippen LogP contribution in [0.1, 0.15) is 28.1 Å². The average Bonchev–Trinajstić information content (AvgIpc) is 3.27. The molecular weight excluding hydrogens is 446 g/mol. The normalized spacial score (nSPS) is 11.4. The van der Waals surface area contributed by atoms with Gasteiger partial charge in [-0.2, -0.15) is 5.10 Å². The molecule has 0 fully saturated rings. The minimum atomic E-state index is -0.440. The van der Waals surface area contributed by atoms with E-state index in [0.29, 0.717) is 22.8 Å². The fourth-order valence-corrected chi connectivity index (χ4v) is 3.55. The van der Waals surface area contributed by atoms with Crippen molar-refractivity contribution in [3.8, 4) is 22.9 Å². The topological polar surface area (TPSA) is 111 Å². The highest BCUT2D eigenvalue weighted by molar-refractivity contribution is 5.74. The molecular formula is C27H23N3O5. The van der Waals surface area contributed by atoms with Crippen molar-refractivity contribution in [2.24, 2.45) is 0 Å². The summed E-state index contributed by atoms with van der Waals surface area (Å²) in [6.07, 6.45) is 7.26. The third-order valence-electron chi connectivity index (χ3n) is 5.38. The lowest BCUT2D eigenvalue weighted by Crippen LogP contribution is -2.03. The maximum absolute atomic E-state index is 11.6. The lowest BCUT2D eigenvalue weighted by atomic mass is 10.1. The van der Waals surface area contributed by atoms with Gasteiger partial charge in [0.1, 0.15) is 11.4 Å². The number of aryl methyl sites for hydroxylation is 1. The highest BCUT2D eigenvalue weighted by Crippen LogP contribution is 2.28. The van der Waals surface area contributed by atoms with Crippen molar-refractivity contribution >= 4 is 30.0 Å². The molecule has 0 amide bonds. The Morgan fingerprint density at radius 3 is 2.31 bits per heavy atom. The fourth-order valence-electron chi connectivity index (χ4n) is 3.55. The molecule has 0 aliphatic rings. The number of methoxy groups -OCH3 is 1. The number of rotatable bonds is 7. The van der Waals surface area contributed by atoms with E-state index in [0.717, 1.165) is 16.7 Å². The Balaban J connectivity index is 1.76. The molecule has 8 heteroatoms. The number of nitrogens with zero attached hydrogens (tertiary/aromatic N) is 3. The SMILES string of the molecule is COc1cc(/C=C/c2cc(/C=C/c3ccc(O)c(C)c3)nn2-c2ccccc2[N+](=O)[O-])ccc1O. The predicted molar refractivity (Wildman–Crippen MR) is 136 cm³/mol. The van der Waals surface area contributed by atoms with Crippen LogP contribution in [-0.2, 0) is 0 Å². The average molecular weight is 469 g/mol. The highest BCUT2D eigenvalue weighted by atomic mass is 16.6. The minimum Gasteiger partial charge on any atom is -0.508 e. The Bertz CT molecular complexity index is 1450. The lowest BCUT2D eigenvalue weighted by molar-refractivity contribution is -0.384. The molecule has 0 spiro atoms. The van der Waals surface area contributed by atoms with Gasteiger partial charge in [0.25, 0.3) is 5.69 Å². The van der Waals surface area contributed by atoms with E-state index in [-0.39, 0.29) is 17.2 Å². The van der Waals surface area contributed by atoms with E-state index in [1.165, 1.54) is 23.9 Å². The Kier molecular flexibility index (Phi) is 6.64. The maximum Gasteiger partial charge on any atom is 0.294 e. The number of benzene rings is 3. The summed E-state index contributed by atoms with van der Waals surface area (Å²) in [6.45, 7) is 1.82. The molecule has 2 N–H and O–H groups in total. The van der Waals surface area contributed by atoms with E-state index in [1.54, 1.807) is 60.7 Å². The van der Waals surface area contributed by atoms with E-state index in [1.807, 2.05) is 25.1 Å². The third kappa shape index (κ3) is 5.22. The van der Waals surface area contributed by atoms with E-state index in [4.69, 9.17) is 4.74 Å². The molecule has 0 unspecified atom stereocenters. The lowest BCUT2D eigenvalue weighted by Gasteiger charge is -2.06. The van der Waals surface area contributed by atoms with E-state index >= 15 is 0 Å². The van der Waals surface area contributed by atoms with Crippen molar-refractivity contribution in [3.05, 3.63) is 105 Å². The standard InChI is InChI=1S/C27H23N3O5/c1-18-15-19(9-13-25(18)31)7-11-21-17-22(12-8-20-10-14-26(32)27(16-20)35-2)29(28-21)23-5-3-4-6-24(23)30(33)34/h3-17,31-32H,1-2H3/b11-7+,12-8+. The van der Waals surface area contributed by atoms with Crippen LogP contribution in [-0.4, -0.2) is 32.0 Å². The van der Waals surface area contributed by atoms with Crippen molar-refractivity contribution < 1.29 is 19.9 Å². The Morgan fingerprint density at radius 2 is 1.60 bits per heavy atom. The number of hydrogen-bond acceptors (Lipinski definition) is 6. The van der Waals surface area contributed by atoms with Gasteiger partial charge in [-0.15, -0.1) is 0 Å². The van der Waals surface area contributed by atoms with Gasteiger partial charge in [-0.05, 0) is 72.2 Å². The van der Waals surface area contributed by atoms with Gasteiger partial charge >= 0.3 is 0 Å². The first kappa shape index (κ1) is 23.3. The summed E-state index contributed by atoms with van der Waals surface area (Å²) in [5, 5.41) is 35.8. The van der Waals surface area contributed by atoms with Crippen molar-refractivity contribution in [2.45, 2.75) is 6.92 Å². The Morgan fingerprint density at radius 1 is 0.914 bits per heavy atom. The first-order valence-corrected chi connectivity index (χ1v) is 10.7. The first-order valence-electron chi connectivity index (χ1n) is 10.7. The second-order valence-corrected chi connectivity index (χ2v) is 7.80. The fraction of sp³-hybridized carbons (Fsp3) is 0.0741. The number of nitro benzene ring substituents is 1. The molecule has 4 aromatic rings. The van der Waals surface area contributed by atoms with Crippen LogP contribution in [0.25, 0.3) is 30.0 Å². The number of hydrogen-bond donors (Lipinski definition) is 2. The predicted octanol–water partition coefficient (Wildman–Crippen LogP) is 5.85. The molecule has 176 valence electrons. The van der Waals surface area contributed by atoms with E-state index in [9.17, 15) is 20.3 Å². The molecule has 0 atom stereocenters.